The normalized spacial score (nSPS) is 20.1. The maximum atomic E-state index is 6.43. The van der Waals surface area contributed by atoms with Crippen molar-refractivity contribution in [3.05, 3.63) is 35.4 Å². The lowest BCUT2D eigenvalue weighted by Crippen LogP contribution is -2.41. The smallest absolute Gasteiger partial charge is 0.0469 e. The van der Waals surface area contributed by atoms with Crippen LogP contribution in [0.1, 0.15) is 36.9 Å². The van der Waals surface area contributed by atoms with Crippen molar-refractivity contribution in [2.45, 2.75) is 38.8 Å². The monoisotopic (exact) mass is 276 g/mol. The molecule has 0 aromatic heterocycles. The van der Waals surface area contributed by atoms with Crippen molar-refractivity contribution in [1.29, 1.82) is 0 Å². The Bertz CT molecular complexity index is 398. The molecule has 1 aromatic rings. The number of hydrogen-bond acceptors (Lipinski definition) is 3. The van der Waals surface area contributed by atoms with Crippen LogP contribution in [0.2, 0.25) is 0 Å². The van der Waals surface area contributed by atoms with Gasteiger partial charge >= 0.3 is 0 Å². The van der Waals surface area contributed by atoms with E-state index in [9.17, 15) is 0 Å². The first-order valence-electron chi connectivity index (χ1n) is 7.68. The molecule has 0 amide bonds. The second-order valence-electron chi connectivity index (χ2n) is 6.17. The van der Waals surface area contributed by atoms with E-state index in [1.807, 2.05) is 0 Å². The third kappa shape index (κ3) is 4.05. The zero-order chi connectivity index (χ0) is 14.5. The summed E-state index contributed by atoms with van der Waals surface area (Å²) in [5.74, 6) is 0.751. The van der Waals surface area contributed by atoms with E-state index < -0.39 is 0 Å². The maximum absolute atomic E-state index is 6.43. The Labute approximate surface area is 123 Å². The Morgan fingerprint density at radius 1 is 1.25 bits per heavy atom. The van der Waals surface area contributed by atoms with Crippen LogP contribution in [-0.2, 0) is 4.74 Å². The maximum Gasteiger partial charge on any atom is 0.0469 e. The fraction of sp³-hybridized carbons (Fsp3) is 0.647. The van der Waals surface area contributed by atoms with E-state index in [1.54, 1.807) is 0 Å². The summed E-state index contributed by atoms with van der Waals surface area (Å²) in [5, 5.41) is 0. The minimum atomic E-state index is 0.0699. The summed E-state index contributed by atoms with van der Waals surface area (Å²) in [4.78, 5) is 2.40. The molecule has 3 heteroatoms. The lowest BCUT2D eigenvalue weighted by Gasteiger charge is -2.34. The summed E-state index contributed by atoms with van der Waals surface area (Å²) in [7, 11) is 2.19. The van der Waals surface area contributed by atoms with Gasteiger partial charge < -0.3 is 15.4 Å². The van der Waals surface area contributed by atoms with Gasteiger partial charge in [-0.3, -0.25) is 0 Å². The van der Waals surface area contributed by atoms with Gasteiger partial charge in [-0.05, 0) is 45.2 Å². The van der Waals surface area contributed by atoms with Gasteiger partial charge in [0.15, 0.2) is 0 Å². The summed E-state index contributed by atoms with van der Waals surface area (Å²) in [5.41, 5.74) is 8.93. The van der Waals surface area contributed by atoms with Crippen LogP contribution in [0.3, 0.4) is 0 Å². The van der Waals surface area contributed by atoms with Crippen LogP contribution in [0.5, 0.6) is 0 Å². The van der Waals surface area contributed by atoms with Crippen molar-refractivity contribution in [3.8, 4) is 0 Å². The Morgan fingerprint density at radius 2 is 1.85 bits per heavy atom. The molecule has 1 aliphatic rings. The molecule has 1 heterocycles. The lowest BCUT2D eigenvalue weighted by molar-refractivity contribution is 0.0497. The van der Waals surface area contributed by atoms with Gasteiger partial charge in [-0.2, -0.15) is 0 Å². The van der Waals surface area contributed by atoms with E-state index in [0.29, 0.717) is 6.04 Å². The molecule has 0 radical (unpaired) electrons. The molecule has 2 unspecified atom stereocenters. The van der Waals surface area contributed by atoms with Crippen molar-refractivity contribution in [2.75, 3.05) is 26.8 Å². The van der Waals surface area contributed by atoms with Gasteiger partial charge in [0.2, 0.25) is 0 Å². The number of aryl methyl sites for hydroxylation is 1. The zero-order valence-electron chi connectivity index (χ0n) is 13.0. The van der Waals surface area contributed by atoms with E-state index in [2.05, 4.69) is 50.1 Å². The number of benzene rings is 1. The summed E-state index contributed by atoms with van der Waals surface area (Å²) >= 11 is 0. The number of rotatable bonds is 5. The van der Waals surface area contributed by atoms with Crippen LogP contribution in [0.15, 0.2) is 24.3 Å². The molecule has 1 fully saturated rings. The molecule has 0 saturated carbocycles. The second kappa shape index (κ2) is 7.21. The highest BCUT2D eigenvalue weighted by Gasteiger charge is 2.22. The van der Waals surface area contributed by atoms with E-state index in [4.69, 9.17) is 10.5 Å². The van der Waals surface area contributed by atoms with Crippen LogP contribution >= 0.6 is 0 Å². The Balaban J connectivity index is 1.91. The number of nitrogens with zero attached hydrogens (tertiary/aromatic N) is 1. The summed E-state index contributed by atoms with van der Waals surface area (Å²) in [6.45, 7) is 7.28. The van der Waals surface area contributed by atoms with Crippen molar-refractivity contribution in [2.24, 2.45) is 11.7 Å². The molecule has 20 heavy (non-hydrogen) atoms. The molecular weight excluding hydrogens is 248 g/mol. The van der Waals surface area contributed by atoms with Crippen molar-refractivity contribution >= 4 is 0 Å². The van der Waals surface area contributed by atoms with Crippen LogP contribution in [0, 0.1) is 12.8 Å². The van der Waals surface area contributed by atoms with Gasteiger partial charge in [0, 0.05) is 31.8 Å². The minimum Gasteiger partial charge on any atom is -0.381 e. The van der Waals surface area contributed by atoms with Crippen molar-refractivity contribution < 1.29 is 4.74 Å². The van der Waals surface area contributed by atoms with Gasteiger partial charge in [0.25, 0.3) is 0 Å². The van der Waals surface area contributed by atoms with E-state index in [0.717, 1.165) is 25.7 Å². The standard InChI is InChI=1S/C17H28N2O/c1-13-4-6-16(7-5-13)17(18)14(2)19(3)12-15-8-10-20-11-9-15/h4-7,14-15,17H,8-12,18H2,1-3H3. The van der Waals surface area contributed by atoms with Gasteiger partial charge in [0.05, 0.1) is 0 Å². The fourth-order valence-electron chi connectivity index (χ4n) is 2.84. The molecule has 3 nitrogen and oxygen atoms in total. The Hall–Kier alpha value is -0.900. The third-order valence-electron chi connectivity index (χ3n) is 4.56. The first kappa shape index (κ1) is 15.5. The van der Waals surface area contributed by atoms with E-state index in [-0.39, 0.29) is 6.04 Å². The van der Waals surface area contributed by atoms with E-state index in [1.165, 1.54) is 24.0 Å². The van der Waals surface area contributed by atoms with Gasteiger partial charge in [0.1, 0.15) is 0 Å². The van der Waals surface area contributed by atoms with Crippen LogP contribution in [0.25, 0.3) is 0 Å². The van der Waals surface area contributed by atoms with Crippen molar-refractivity contribution in [3.63, 3.8) is 0 Å². The van der Waals surface area contributed by atoms with Crippen LogP contribution in [-0.4, -0.2) is 37.7 Å². The molecule has 112 valence electrons. The van der Waals surface area contributed by atoms with Gasteiger partial charge in [-0.15, -0.1) is 0 Å². The SMILES string of the molecule is Cc1ccc(C(N)C(C)N(C)CC2CCOCC2)cc1. The third-order valence-corrected chi connectivity index (χ3v) is 4.56. The van der Waals surface area contributed by atoms with Crippen LogP contribution < -0.4 is 5.73 Å². The average Bonchev–Trinajstić information content (AvgIpc) is 2.47. The molecule has 0 spiro atoms. The van der Waals surface area contributed by atoms with Crippen LogP contribution in [0.4, 0.5) is 0 Å². The lowest BCUT2D eigenvalue weighted by atomic mass is 9.96. The molecular formula is C17H28N2O. The van der Waals surface area contributed by atoms with Crippen molar-refractivity contribution in [1.82, 2.24) is 4.90 Å². The fourth-order valence-corrected chi connectivity index (χ4v) is 2.84. The first-order chi connectivity index (χ1) is 9.58. The number of ether oxygens (including phenoxy) is 1. The average molecular weight is 276 g/mol. The van der Waals surface area contributed by atoms with Gasteiger partial charge in [-0.1, -0.05) is 29.8 Å². The molecule has 0 aliphatic carbocycles. The number of likely N-dealkylation sites (N-methyl/N-ethyl adjacent to an activating group) is 1. The number of hydrogen-bond donors (Lipinski definition) is 1. The Morgan fingerprint density at radius 3 is 2.45 bits per heavy atom. The molecule has 1 aromatic carbocycles. The highest BCUT2D eigenvalue weighted by molar-refractivity contribution is 5.24. The largest absolute Gasteiger partial charge is 0.381 e. The predicted molar refractivity (Wildman–Crippen MR) is 83.7 cm³/mol. The zero-order valence-corrected chi connectivity index (χ0v) is 13.0. The topological polar surface area (TPSA) is 38.5 Å². The molecule has 2 atom stereocenters. The quantitative estimate of drug-likeness (QED) is 0.898. The molecule has 2 rings (SSSR count). The Kier molecular flexibility index (Phi) is 5.58. The van der Waals surface area contributed by atoms with Gasteiger partial charge in [-0.25, -0.2) is 0 Å². The molecule has 1 saturated heterocycles. The summed E-state index contributed by atoms with van der Waals surface area (Å²) in [6, 6.07) is 9.00. The number of nitrogens with two attached hydrogens (primary N) is 1. The minimum absolute atomic E-state index is 0.0699. The summed E-state index contributed by atoms with van der Waals surface area (Å²) < 4.78 is 5.43. The summed E-state index contributed by atoms with van der Waals surface area (Å²) in [6.07, 6.45) is 2.35. The molecule has 2 N–H and O–H groups in total. The van der Waals surface area contributed by atoms with E-state index >= 15 is 0 Å². The predicted octanol–water partition coefficient (Wildman–Crippen LogP) is 2.74. The molecule has 1 aliphatic heterocycles. The second-order valence-corrected chi connectivity index (χ2v) is 6.17. The molecule has 0 bridgehead atoms. The highest BCUT2D eigenvalue weighted by Crippen LogP contribution is 2.21. The first-order valence-corrected chi connectivity index (χ1v) is 7.68. The highest BCUT2D eigenvalue weighted by atomic mass is 16.5.